The van der Waals surface area contributed by atoms with Crippen LogP contribution in [0.15, 0.2) is 91.6 Å². The van der Waals surface area contributed by atoms with Gasteiger partial charge in [0.15, 0.2) is 11.4 Å². The summed E-state index contributed by atoms with van der Waals surface area (Å²) < 4.78 is 7.85. The molecule has 192 valence electrons. The molecule has 11 heteroatoms. The number of anilines is 1. The summed E-state index contributed by atoms with van der Waals surface area (Å²) in [4.78, 5) is 44.0. The highest BCUT2D eigenvalue weighted by molar-refractivity contribution is 9.10. The number of carboxylic acids is 1. The number of aliphatic carboxylic acids is 1. The molecule has 0 fully saturated rings. The molecule has 0 radical (unpaired) electrons. The van der Waals surface area contributed by atoms with E-state index in [4.69, 9.17) is 9.84 Å². The largest absolute Gasteiger partial charge is 0.481 e. The molecule has 1 atom stereocenters. The number of carboxylic acid groups (broad SMARTS) is 1. The fourth-order valence-electron chi connectivity index (χ4n) is 4.06. The van der Waals surface area contributed by atoms with E-state index in [1.165, 1.54) is 22.7 Å². The highest BCUT2D eigenvalue weighted by Gasteiger charge is 2.33. The number of benzene rings is 2. The van der Waals surface area contributed by atoms with Crippen molar-refractivity contribution in [3.63, 3.8) is 0 Å². The Morgan fingerprint density at radius 2 is 1.97 bits per heavy atom. The molecule has 3 heterocycles. The van der Waals surface area contributed by atoms with Crippen LogP contribution in [0.1, 0.15) is 23.4 Å². The summed E-state index contributed by atoms with van der Waals surface area (Å²) in [6.07, 6.45) is 1.74. The summed E-state index contributed by atoms with van der Waals surface area (Å²) in [7, 11) is 0. The first-order chi connectivity index (χ1) is 18.3. The van der Waals surface area contributed by atoms with Crippen LogP contribution < -0.4 is 24.9 Å². The van der Waals surface area contributed by atoms with Crippen LogP contribution in [0.3, 0.4) is 0 Å². The lowest BCUT2D eigenvalue weighted by molar-refractivity contribution is -0.139. The zero-order valence-corrected chi connectivity index (χ0v) is 23.1. The second kappa shape index (κ2) is 10.9. The molecule has 1 aliphatic heterocycles. The van der Waals surface area contributed by atoms with Crippen molar-refractivity contribution >= 4 is 62.2 Å². The van der Waals surface area contributed by atoms with E-state index in [2.05, 4.69) is 26.2 Å². The van der Waals surface area contributed by atoms with Crippen molar-refractivity contribution in [2.24, 2.45) is 4.99 Å². The third-order valence-electron chi connectivity index (χ3n) is 5.72. The highest BCUT2D eigenvalue weighted by atomic mass is 79.9. The summed E-state index contributed by atoms with van der Waals surface area (Å²) in [5.41, 5.74) is 2.08. The number of hydrogen-bond donors (Lipinski definition) is 2. The Bertz CT molecular complexity index is 1740. The summed E-state index contributed by atoms with van der Waals surface area (Å²) in [6.45, 7) is 1.32. The Morgan fingerprint density at radius 1 is 1.18 bits per heavy atom. The molecule has 0 saturated carbocycles. The number of hydrogen-bond acceptors (Lipinski definition) is 7. The van der Waals surface area contributed by atoms with E-state index in [1.54, 1.807) is 47.9 Å². The van der Waals surface area contributed by atoms with E-state index in [1.807, 2.05) is 35.7 Å². The van der Waals surface area contributed by atoms with E-state index in [0.29, 0.717) is 36.5 Å². The number of nitrogens with zero attached hydrogens (tertiary/aromatic N) is 2. The topological polar surface area (TPSA) is 110 Å². The molecule has 38 heavy (non-hydrogen) atoms. The molecule has 5 rings (SSSR count). The average molecular weight is 611 g/mol. The molecule has 2 N–H and O–H groups in total. The van der Waals surface area contributed by atoms with Gasteiger partial charge >= 0.3 is 5.97 Å². The van der Waals surface area contributed by atoms with Crippen LogP contribution in [0.2, 0.25) is 0 Å². The van der Waals surface area contributed by atoms with Gasteiger partial charge in [-0.15, -0.1) is 11.3 Å². The van der Waals surface area contributed by atoms with Crippen molar-refractivity contribution in [2.75, 3.05) is 11.9 Å². The predicted octanol–water partition coefficient (Wildman–Crippen LogP) is 4.16. The van der Waals surface area contributed by atoms with Gasteiger partial charge in [-0.1, -0.05) is 41.7 Å². The summed E-state index contributed by atoms with van der Waals surface area (Å²) >= 11 is 6.11. The monoisotopic (exact) mass is 609 g/mol. The van der Waals surface area contributed by atoms with E-state index in [-0.39, 0.29) is 11.5 Å². The van der Waals surface area contributed by atoms with Gasteiger partial charge in [-0.25, -0.2) is 9.79 Å². The zero-order valence-electron chi connectivity index (χ0n) is 19.9. The van der Waals surface area contributed by atoms with Crippen molar-refractivity contribution in [3.05, 3.63) is 112 Å². The number of halogens is 1. The quantitative estimate of drug-likeness (QED) is 0.327. The van der Waals surface area contributed by atoms with E-state index < -0.39 is 18.6 Å². The average Bonchev–Trinajstić information content (AvgIpc) is 3.52. The number of aromatic nitrogens is 1. The second-order valence-corrected chi connectivity index (χ2v) is 11.1. The molecule has 2 aromatic carbocycles. The molecule has 8 nitrogen and oxygen atoms in total. The maximum Gasteiger partial charge on any atom is 0.341 e. The zero-order chi connectivity index (χ0) is 26.8. The molecule has 0 spiro atoms. The van der Waals surface area contributed by atoms with Gasteiger partial charge < -0.3 is 15.2 Å². The lowest BCUT2D eigenvalue weighted by Gasteiger charge is -2.24. The number of ether oxygens (including phenoxy) is 1. The van der Waals surface area contributed by atoms with Gasteiger partial charge in [-0.05, 0) is 70.2 Å². The van der Waals surface area contributed by atoms with Crippen molar-refractivity contribution < 1.29 is 19.4 Å². The number of para-hydroxylation sites is 1. The number of carbonyl (C=O) groups is 2. The van der Waals surface area contributed by atoms with Crippen LogP contribution >= 0.6 is 38.6 Å². The number of thiazole rings is 1. The van der Waals surface area contributed by atoms with Crippen molar-refractivity contribution in [1.29, 1.82) is 0 Å². The van der Waals surface area contributed by atoms with Crippen LogP contribution in [0, 0.1) is 0 Å². The van der Waals surface area contributed by atoms with Gasteiger partial charge in [0.1, 0.15) is 11.8 Å². The molecular weight excluding hydrogens is 590 g/mol. The van der Waals surface area contributed by atoms with Gasteiger partial charge in [-0.2, -0.15) is 0 Å². The maximum absolute atomic E-state index is 13.7. The first-order valence-corrected chi connectivity index (χ1v) is 13.9. The minimum absolute atomic E-state index is 0.257. The first-order valence-electron chi connectivity index (χ1n) is 11.4. The fourth-order valence-corrected chi connectivity index (χ4v) is 6.44. The van der Waals surface area contributed by atoms with Gasteiger partial charge in [0.25, 0.3) is 11.5 Å². The van der Waals surface area contributed by atoms with Crippen LogP contribution in [-0.4, -0.2) is 28.2 Å². The molecule has 1 aliphatic rings. The Kier molecular flexibility index (Phi) is 7.41. The molecule has 2 aromatic heterocycles. The van der Waals surface area contributed by atoms with E-state index in [0.717, 1.165) is 10.4 Å². The van der Waals surface area contributed by atoms with Crippen LogP contribution in [-0.2, 0) is 9.59 Å². The number of thiophene rings is 1. The van der Waals surface area contributed by atoms with Crippen molar-refractivity contribution in [1.82, 2.24) is 4.57 Å². The van der Waals surface area contributed by atoms with Gasteiger partial charge in [-0.3, -0.25) is 14.2 Å². The second-order valence-electron chi connectivity index (χ2n) is 8.29. The van der Waals surface area contributed by atoms with Crippen LogP contribution in [0.5, 0.6) is 5.75 Å². The number of carbonyl (C=O) groups excluding carboxylic acids is 1. The Labute approximate surface area is 233 Å². The standard InChI is InChI=1S/C27H20BrN3O5S2/c1-15-23(25(34)30-17-6-3-2-4-7-17)24(20-8-5-11-37-20)31-26(35)21(38-27(31)29-15)13-16-9-10-19(18(28)12-16)36-14-22(32)33/h2-13,24H,14H2,1H3,(H,30,34)(H,32,33)/t24-/m0/s1. The lowest BCUT2D eigenvalue weighted by Crippen LogP contribution is -2.40. The molecule has 0 bridgehead atoms. The molecule has 0 saturated heterocycles. The molecule has 0 unspecified atom stereocenters. The summed E-state index contributed by atoms with van der Waals surface area (Å²) in [6, 6.07) is 17.5. The Balaban J connectivity index is 1.56. The molecular formula is C27H20BrN3O5S2. The smallest absolute Gasteiger partial charge is 0.341 e. The number of amides is 1. The van der Waals surface area contributed by atoms with Crippen molar-refractivity contribution in [2.45, 2.75) is 13.0 Å². The van der Waals surface area contributed by atoms with E-state index in [9.17, 15) is 14.4 Å². The van der Waals surface area contributed by atoms with Crippen LogP contribution in [0.25, 0.3) is 6.08 Å². The van der Waals surface area contributed by atoms with Gasteiger partial charge in [0, 0.05) is 10.6 Å². The first kappa shape index (κ1) is 25.8. The number of allylic oxidation sites excluding steroid dienone is 1. The summed E-state index contributed by atoms with van der Waals surface area (Å²) in [5.74, 6) is -1.01. The predicted molar refractivity (Wildman–Crippen MR) is 150 cm³/mol. The number of nitrogens with one attached hydrogen (secondary N) is 1. The SMILES string of the molecule is CC1=C(C(=O)Nc2ccccc2)[C@H](c2cccs2)n2c(sc(=Cc3ccc(OCC(=O)O)c(Br)c3)c2=O)=N1. The van der Waals surface area contributed by atoms with Gasteiger partial charge in [0.05, 0.1) is 20.3 Å². The molecule has 1 amide bonds. The fraction of sp³-hybridized carbons (Fsp3) is 0.111. The third-order valence-corrected chi connectivity index (χ3v) is 8.24. The Hall–Kier alpha value is -3.80. The normalized spacial score (nSPS) is 15.1. The molecule has 4 aromatic rings. The number of fused-ring (bicyclic) bond motifs is 1. The van der Waals surface area contributed by atoms with Crippen molar-refractivity contribution in [3.8, 4) is 5.75 Å². The Morgan fingerprint density at radius 3 is 2.66 bits per heavy atom. The summed E-state index contributed by atoms with van der Waals surface area (Å²) in [5, 5.41) is 13.7. The third kappa shape index (κ3) is 5.26. The van der Waals surface area contributed by atoms with E-state index >= 15 is 0 Å². The number of rotatable bonds is 7. The minimum Gasteiger partial charge on any atom is -0.481 e. The minimum atomic E-state index is -1.07. The van der Waals surface area contributed by atoms with Crippen LogP contribution in [0.4, 0.5) is 5.69 Å². The highest BCUT2D eigenvalue weighted by Crippen LogP contribution is 2.33. The maximum atomic E-state index is 13.7. The van der Waals surface area contributed by atoms with Gasteiger partial charge in [0.2, 0.25) is 0 Å². The molecule has 0 aliphatic carbocycles. The lowest BCUT2D eigenvalue weighted by atomic mass is 10.0.